The van der Waals surface area contributed by atoms with Crippen LogP contribution >= 0.6 is 0 Å². The second-order valence-electron chi connectivity index (χ2n) is 4.20. The molecular formula is C12H16O2. The normalized spacial score (nSPS) is 30.7. The molecule has 1 aromatic rings. The molecule has 1 saturated heterocycles. The number of benzene rings is 1. The molecule has 1 fully saturated rings. The fraction of sp³-hybridized carbons (Fsp3) is 0.500. The standard InChI is InChI=1S/C12H16O2/c1-9(2)11-12(8-13,14-11)10-6-4-3-5-7-10/h3-7,9,11,13H,8H2,1-2H3. The Balaban J connectivity index is 2.25. The van der Waals surface area contributed by atoms with Crippen molar-refractivity contribution in [2.24, 2.45) is 5.92 Å². The highest BCUT2D eigenvalue weighted by Crippen LogP contribution is 2.49. The van der Waals surface area contributed by atoms with Gasteiger partial charge < -0.3 is 9.84 Å². The third-order valence-electron chi connectivity index (χ3n) is 2.84. The number of aliphatic hydroxyl groups is 1. The molecule has 2 heteroatoms. The van der Waals surface area contributed by atoms with Crippen LogP contribution in [0.15, 0.2) is 30.3 Å². The van der Waals surface area contributed by atoms with Crippen LogP contribution in [-0.2, 0) is 10.3 Å². The van der Waals surface area contributed by atoms with Crippen molar-refractivity contribution in [3.8, 4) is 0 Å². The van der Waals surface area contributed by atoms with Crippen LogP contribution < -0.4 is 0 Å². The van der Waals surface area contributed by atoms with Gasteiger partial charge in [-0.2, -0.15) is 0 Å². The minimum absolute atomic E-state index is 0.0693. The molecule has 1 N–H and O–H groups in total. The largest absolute Gasteiger partial charge is 0.393 e. The molecule has 0 amide bonds. The van der Waals surface area contributed by atoms with E-state index in [1.54, 1.807) is 0 Å². The summed E-state index contributed by atoms with van der Waals surface area (Å²) >= 11 is 0. The Bertz CT molecular complexity index is 307. The van der Waals surface area contributed by atoms with Crippen molar-refractivity contribution in [2.75, 3.05) is 6.61 Å². The maximum atomic E-state index is 9.40. The third kappa shape index (κ3) is 1.35. The minimum Gasteiger partial charge on any atom is -0.393 e. The highest BCUT2D eigenvalue weighted by molar-refractivity contribution is 5.29. The van der Waals surface area contributed by atoms with Crippen LogP contribution in [0.25, 0.3) is 0 Å². The van der Waals surface area contributed by atoms with E-state index in [4.69, 9.17) is 4.74 Å². The summed E-state index contributed by atoms with van der Waals surface area (Å²) in [6, 6.07) is 9.95. The molecule has 14 heavy (non-hydrogen) atoms. The van der Waals surface area contributed by atoms with Gasteiger partial charge in [-0.1, -0.05) is 44.2 Å². The van der Waals surface area contributed by atoms with E-state index in [2.05, 4.69) is 13.8 Å². The number of rotatable bonds is 3. The Kier molecular flexibility index (Phi) is 2.33. The SMILES string of the molecule is CC(C)C1OC1(CO)c1ccccc1. The first kappa shape index (κ1) is 9.69. The molecule has 2 atom stereocenters. The van der Waals surface area contributed by atoms with Gasteiger partial charge in [0.2, 0.25) is 0 Å². The maximum absolute atomic E-state index is 9.40. The lowest BCUT2D eigenvalue weighted by Crippen LogP contribution is -2.20. The van der Waals surface area contributed by atoms with Gasteiger partial charge in [0.25, 0.3) is 0 Å². The summed E-state index contributed by atoms with van der Waals surface area (Å²) in [6.07, 6.45) is 0.162. The van der Waals surface area contributed by atoms with E-state index < -0.39 is 5.60 Å². The highest BCUT2D eigenvalue weighted by Gasteiger charge is 2.58. The van der Waals surface area contributed by atoms with Crippen LogP contribution in [0.3, 0.4) is 0 Å². The van der Waals surface area contributed by atoms with Gasteiger partial charge in [-0.15, -0.1) is 0 Å². The van der Waals surface area contributed by atoms with Gasteiger partial charge in [0.05, 0.1) is 12.7 Å². The van der Waals surface area contributed by atoms with E-state index >= 15 is 0 Å². The second kappa shape index (κ2) is 3.37. The van der Waals surface area contributed by atoms with E-state index in [-0.39, 0.29) is 12.7 Å². The van der Waals surface area contributed by atoms with Gasteiger partial charge in [0.15, 0.2) is 0 Å². The average Bonchev–Trinajstić information content (AvgIpc) is 2.95. The lowest BCUT2D eigenvalue weighted by molar-refractivity contribution is 0.171. The summed E-state index contributed by atoms with van der Waals surface area (Å²) < 4.78 is 5.65. The summed E-state index contributed by atoms with van der Waals surface area (Å²) in [5.74, 6) is 0.447. The van der Waals surface area contributed by atoms with Crippen molar-refractivity contribution >= 4 is 0 Å². The molecule has 0 aliphatic carbocycles. The summed E-state index contributed by atoms with van der Waals surface area (Å²) in [4.78, 5) is 0. The Hall–Kier alpha value is -0.860. The van der Waals surface area contributed by atoms with Crippen LogP contribution in [0.2, 0.25) is 0 Å². The van der Waals surface area contributed by atoms with E-state index in [0.717, 1.165) is 5.56 Å². The van der Waals surface area contributed by atoms with Gasteiger partial charge in [-0.05, 0) is 11.5 Å². The predicted molar refractivity (Wildman–Crippen MR) is 54.9 cm³/mol. The Morgan fingerprint density at radius 1 is 1.36 bits per heavy atom. The fourth-order valence-corrected chi connectivity index (χ4v) is 2.04. The van der Waals surface area contributed by atoms with Crippen molar-refractivity contribution in [2.45, 2.75) is 25.6 Å². The molecule has 76 valence electrons. The molecule has 2 unspecified atom stereocenters. The monoisotopic (exact) mass is 192 g/mol. The molecule has 0 saturated carbocycles. The van der Waals surface area contributed by atoms with Crippen molar-refractivity contribution in [1.29, 1.82) is 0 Å². The average molecular weight is 192 g/mol. The maximum Gasteiger partial charge on any atom is 0.143 e. The molecule has 1 aromatic carbocycles. The first-order valence-corrected chi connectivity index (χ1v) is 5.05. The molecule has 1 aliphatic heterocycles. The molecule has 0 spiro atoms. The number of ether oxygens (including phenoxy) is 1. The van der Waals surface area contributed by atoms with Crippen molar-refractivity contribution in [1.82, 2.24) is 0 Å². The molecule has 1 aliphatic rings. The zero-order valence-electron chi connectivity index (χ0n) is 8.60. The Morgan fingerprint density at radius 2 is 2.00 bits per heavy atom. The van der Waals surface area contributed by atoms with E-state index in [0.29, 0.717) is 5.92 Å². The van der Waals surface area contributed by atoms with Crippen LogP contribution in [0.4, 0.5) is 0 Å². The lowest BCUT2D eigenvalue weighted by Gasteiger charge is -2.11. The van der Waals surface area contributed by atoms with Crippen LogP contribution in [0, 0.1) is 5.92 Å². The van der Waals surface area contributed by atoms with Crippen LogP contribution in [0.1, 0.15) is 19.4 Å². The first-order valence-electron chi connectivity index (χ1n) is 5.05. The highest BCUT2D eigenvalue weighted by atomic mass is 16.6. The van der Waals surface area contributed by atoms with Crippen LogP contribution in [-0.4, -0.2) is 17.8 Å². The summed E-state index contributed by atoms with van der Waals surface area (Å²) in [6.45, 7) is 4.30. The van der Waals surface area contributed by atoms with E-state index in [1.165, 1.54) is 0 Å². The number of hydrogen-bond donors (Lipinski definition) is 1. The van der Waals surface area contributed by atoms with E-state index in [9.17, 15) is 5.11 Å². The Morgan fingerprint density at radius 3 is 2.43 bits per heavy atom. The van der Waals surface area contributed by atoms with Crippen LogP contribution in [0.5, 0.6) is 0 Å². The van der Waals surface area contributed by atoms with Crippen molar-refractivity contribution in [3.63, 3.8) is 0 Å². The predicted octanol–water partition coefficient (Wildman–Crippen LogP) is 1.93. The number of aliphatic hydroxyl groups excluding tert-OH is 1. The zero-order chi connectivity index (χ0) is 10.2. The molecular weight excluding hydrogens is 176 g/mol. The molecule has 0 bridgehead atoms. The fourth-order valence-electron chi connectivity index (χ4n) is 2.04. The molecule has 2 nitrogen and oxygen atoms in total. The Labute approximate surface area is 84.5 Å². The number of epoxide rings is 1. The lowest BCUT2D eigenvalue weighted by atomic mass is 9.91. The topological polar surface area (TPSA) is 32.8 Å². The van der Waals surface area contributed by atoms with Gasteiger partial charge >= 0.3 is 0 Å². The smallest absolute Gasteiger partial charge is 0.143 e. The summed E-state index contributed by atoms with van der Waals surface area (Å²) in [5, 5.41) is 9.40. The quantitative estimate of drug-likeness (QED) is 0.742. The second-order valence-corrected chi connectivity index (χ2v) is 4.20. The van der Waals surface area contributed by atoms with Gasteiger partial charge in [-0.25, -0.2) is 0 Å². The van der Waals surface area contributed by atoms with E-state index in [1.807, 2.05) is 30.3 Å². The zero-order valence-corrected chi connectivity index (χ0v) is 8.60. The van der Waals surface area contributed by atoms with Gasteiger partial charge in [0.1, 0.15) is 5.60 Å². The van der Waals surface area contributed by atoms with Crippen molar-refractivity contribution < 1.29 is 9.84 Å². The molecule has 0 aromatic heterocycles. The number of hydrogen-bond acceptors (Lipinski definition) is 2. The molecule has 2 rings (SSSR count). The van der Waals surface area contributed by atoms with Gasteiger partial charge in [-0.3, -0.25) is 0 Å². The molecule has 1 heterocycles. The summed E-state index contributed by atoms with van der Waals surface area (Å²) in [5.41, 5.74) is 0.663. The van der Waals surface area contributed by atoms with Gasteiger partial charge in [0, 0.05) is 0 Å². The first-order chi connectivity index (χ1) is 6.70. The summed E-state index contributed by atoms with van der Waals surface area (Å²) in [7, 11) is 0. The van der Waals surface area contributed by atoms with Crippen molar-refractivity contribution in [3.05, 3.63) is 35.9 Å². The minimum atomic E-state index is -0.421. The molecule has 0 radical (unpaired) electrons. The third-order valence-corrected chi connectivity index (χ3v) is 2.84.